The van der Waals surface area contributed by atoms with Crippen molar-refractivity contribution in [3.63, 3.8) is 0 Å². The summed E-state index contributed by atoms with van der Waals surface area (Å²) in [5.41, 5.74) is 1.06. The van der Waals surface area contributed by atoms with Crippen LogP contribution in [0.15, 0.2) is 60.7 Å². The van der Waals surface area contributed by atoms with Crippen LogP contribution in [0.2, 0.25) is 0 Å². The number of carboxylic acid groups (broad SMARTS) is 1. The quantitative estimate of drug-likeness (QED) is 0.439. The van der Waals surface area contributed by atoms with Crippen LogP contribution in [-0.2, 0) is 10.2 Å². The van der Waals surface area contributed by atoms with Crippen LogP contribution in [0.4, 0.5) is 0 Å². The lowest BCUT2D eigenvalue weighted by Crippen LogP contribution is -2.35. The summed E-state index contributed by atoms with van der Waals surface area (Å²) in [5, 5.41) is 23.3. The monoisotopic (exact) mass is 383 g/mol. The van der Waals surface area contributed by atoms with Crippen molar-refractivity contribution in [2.24, 2.45) is 0 Å². The Bertz CT molecular complexity index is 690. The van der Waals surface area contributed by atoms with Gasteiger partial charge in [0.25, 0.3) is 0 Å². The number of unbranched alkanes of at least 4 members (excludes halogenated alkanes) is 3. The molecular formula is C24H33NO3. The van der Waals surface area contributed by atoms with Crippen molar-refractivity contribution in [2.45, 2.75) is 57.0 Å². The molecule has 0 saturated carbocycles. The normalized spacial score (nSPS) is 14.4. The van der Waals surface area contributed by atoms with Crippen LogP contribution in [0.3, 0.4) is 0 Å². The predicted octanol–water partition coefficient (Wildman–Crippen LogP) is 4.69. The molecular weight excluding hydrogens is 350 g/mol. The molecule has 0 bridgehead atoms. The van der Waals surface area contributed by atoms with Gasteiger partial charge in [-0.25, -0.2) is 0 Å². The molecule has 2 rings (SSSR count). The number of carbonyl (C=O) groups is 1. The molecule has 0 aliphatic carbocycles. The minimum atomic E-state index is -0.778. The van der Waals surface area contributed by atoms with Gasteiger partial charge in [0, 0.05) is 6.54 Å². The fourth-order valence-electron chi connectivity index (χ4n) is 3.73. The van der Waals surface area contributed by atoms with E-state index in [4.69, 9.17) is 0 Å². The first-order valence-corrected chi connectivity index (χ1v) is 10.3. The topological polar surface area (TPSA) is 69.6 Å². The average molecular weight is 384 g/mol. The first-order valence-electron chi connectivity index (χ1n) is 10.3. The molecule has 2 aromatic carbocycles. The highest BCUT2D eigenvalue weighted by atomic mass is 16.4. The van der Waals surface area contributed by atoms with Crippen LogP contribution in [0.1, 0.15) is 62.7 Å². The molecule has 2 atom stereocenters. The number of aliphatic carboxylic acids is 1. The molecule has 0 fully saturated rings. The lowest BCUT2D eigenvalue weighted by atomic mass is 9.74. The van der Waals surface area contributed by atoms with E-state index in [0.29, 0.717) is 19.4 Å². The molecule has 0 amide bonds. The van der Waals surface area contributed by atoms with Crippen molar-refractivity contribution < 1.29 is 15.0 Å². The second-order valence-electron chi connectivity index (χ2n) is 7.40. The molecule has 4 heteroatoms. The molecule has 3 N–H and O–H groups in total. The van der Waals surface area contributed by atoms with Gasteiger partial charge in [0.05, 0.1) is 11.5 Å². The standard InChI is InChI=1S/C24H33NO3/c1-2-24(23(27)28,21-15-9-6-10-16-21)17-11-3-4-12-18-25-19-22(26)20-13-7-5-8-14-20/h5-10,13-16,22,25-26H,2-4,11-12,17-19H2,1H3,(H,27,28). The Labute approximate surface area is 168 Å². The van der Waals surface area contributed by atoms with Gasteiger partial charge in [0.1, 0.15) is 0 Å². The second-order valence-corrected chi connectivity index (χ2v) is 7.40. The van der Waals surface area contributed by atoms with Gasteiger partial charge in [0.15, 0.2) is 0 Å². The molecule has 0 aliphatic rings. The summed E-state index contributed by atoms with van der Waals surface area (Å²) >= 11 is 0. The molecule has 0 spiro atoms. The Balaban J connectivity index is 1.66. The summed E-state index contributed by atoms with van der Waals surface area (Å²) in [6, 6.07) is 19.3. The summed E-state index contributed by atoms with van der Waals surface area (Å²) in [6.07, 6.45) is 4.80. The fraction of sp³-hybridized carbons (Fsp3) is 0.458. The highest BCUT2D eigenvalue weighted by Gasteiger charge is 2.37. The molecule has 0 aliphatic heterocycles. The van der Waals surface area contributed by atoms with Gasteiger partial charge in [-0.05, 0) is 36.9 Å². The smallest absolute Gasteiger partial charge is 0.314 e. The Morgan fingerprint density at radius 1 is 0.964 bits per heavy atom. The zero-order chi connectivity index (χ0) is 20.2. The van der Waals surface area contributed by atoms with Crippen LogP contribution < -0.4 is 5.32 Å². The van der Waals surface area contributed by atoms with Crippen LogP contribution in [0.25, 0.3) is 0 Å². The van der Waals surface area contributed by atoms with Crippen molar-refractivity contribution in [3.8, 4) is 0 Å². The third-order valence-corrected chi connectivity index (χ3v) is 5.57. The maximum atomic E-state index is 12.0. The van der Waals surface area contributed by atoms with Gasteiger partial charge in [0.2, 0.25) is 0 Å². The highest BCUT2D eigenvalue weighted by Crippen LogP contribution is 2.34. The number of hydrogen-bond donors (Lipinski definition) is 3. The van der Waals surface area contributed by atoms with Gasteiger partial charge in [-0.15, -0.1) is 0 Å². The van der Waals surface area contributed by atoms with Crippen molar-refractivity contribution in [2.75, 3.05) is 13.1 Å². The van der Waals surface area contributed by atoms with Crippen LogP contribution in [0.5, 0.6) is 0 Å². The average Bonchev–Trinajstić information content (AvgIpc) is 2.74. The molecule has 152 valence electrons. The number of rotatable bonds is 13. The third kappa shape index (κ3) is 6.18. The number of nitrogens with one attached hydrogen (secondary N) is 1. The SMILES string of the molecule is CCC(CCCCCCNCC(O)c1ccccc1)(C(=O)O)c1ccccc1. The van der Waals surface area contributed by atoms with Gasteiger partial charge in [-0.1, -0.05) is 86.8 Å². The van der Waals surface area contributed by atoms with Crippen molar-refractivity contribution >= 4 is 5.97 Å². The number of aliphatic hydroxyl groups is 1. The highest BCUT2D eigenvalue weighted by molar-refractivity contribution is 5.81. The number of aliphatic hydroxyl groups excluding tert-OH is 1. The van der Waals surface area contributed by atoms with Crippen LogP contribution in [-0.4, -0.2) is 29.3 Å². The van der Waals surface area contributed by atoms with E-state index in [2.05, 4.69) is 5.32 Å². The van der Waals surface area contributed by atoms with E-state index in [1.54, 1.807) is 0 Å². The van der Waals surface area contributed by atoms with Crippen molar-refractivity contribution in [1.82, 2.24) is 5.32 Å². The van der Waals surface area contributed by atoms with Crippen LogP contribution in [0, 0.1) is 0 Å². The lowest BCUT2D eigenvalue weighted by Gasteiger charge is -2.29. The molecule has 0 radical (unpaired) electrons. The molecule has 2 unspecified atom stereocenters. The number of carboxylic acids is 1. The molecule has 4 nitrogen and oxygen atoms in total. The Morgan fingerprint density at radius 3 is 2.18 bits per heavy atom. The maximum Gasteiger partial charge on any atom is 0.314 e. The van der Waals surface area contributed by atoms with E-state index in [-0.39, 0.29) is 0 Å². The maximum absolute atomic E-state index is 12.0. The van der Waals surface area contributed by atoms with Gasteiger partial charge < -0.3 is 15.5 Å². The van der Waals surface area contributed by atoms with Gasteiger partial charge in [-0.3, -0.25) is 4.79 Å². The summed E-state index contributed by atoms with van der Waals surface area (Å²) in [6.45, 7) is 3.37. The summed E-state index contributed by atoms with van der Waals surface area (Å²) in [5.74, 6) is -0.724. The third-order valence-electron chi connectivity index (χ3n) is 5.57. The van der Waals surface area contributed by atoms with Gasteiger partial charge in [-0.2, -0.15) is 0 Å². The Hall–Kier alpha value is -2.17. The van der Waals surface area contributed by atoms with E-state index < -0.39 is 17.5 Å². The van der Waals surface area contributed by atoms with Crippen LogP contribution >= 0.6 is 0 Å². The van der Waals surface area contributed by atoms with Gasteiger partial charge >= 0.3 is 5.97 Å². The Morgan fingerprint density at radius 2 is 1.57 bits per heavy atom. The summed E-state index contributed by atoms with van der Waals surface area (Å²) < 4.78 is 0. The lowest BCUT2D eigenvalue weighted by molar-refractivity contribution is -0.144. The van der Waals surface area contributed by atoms with E-state index in [0.717, 1.165) is 43.4 Å². The molecule has 2 aromatic rings. The minimum absolute atomic E-state index is 0.479. The zero-order valence-electron chi connectivity index (χ0n) is 16.8. The first kappa shape index (κ1) is 22.1. The number of benzene rings is 2. The van der Waals surface area contributed by atoms with E-state index in [1.165, 1.54) is 0 Å². The first-order chi connectivity index (χ1) is 13.6. The zero-order valence-corrected chi connectivity index (χ0v) is 16.8. The molecule has 0 heterocycles. The predicted molar refractivity (Wildman–Crippen MR) is 113 cm³/mol. The largest absolute Gasteiger partial charge is 0.481 e. The number of hydrogen-bond acceptors (Lipinski definition) is 3. The fourth-order valence-corrected chi connectivity index (χ4v) is 3.73. The van der Waals surface area contributed by atoms with E-state index in [1.807, 2.05) is 67.6 Å². The van der Waals surface area contributed by atoms with Crippen molar-refractivity contribution in [3.05, 3.63) is 71.8 Å². The van der Waals surface area contributed by atoms with E-state index in [9.17, 15) is 15.0 Å². The molecule has 28 heavy (non-hydrogen) atoms. The Kier molecular flexibility index (Phi) is 9.18. The minimum Gasteiger partial charge on any atom is -0.481 e. The van der Waals surface area contributed by atoms with Crippen molar-refractivity contribution in [1.29, 1.82) is 0 Å². The molecule has 0 saturated heterocycles. The summed E-state index contributed by atoms with van der Waals surface area (Å²) in [7, 11) is 0. The molecule has 0 aromatic heterocycles. The second kappa shape index (κ2) is 11.6. The van der Waals surface area contributed by atoms with E-state index >= 15 is 0 Å². The summed E-state index contributed by atoms with van der Waals surface area (Å²) in [4.78, 5) is 12.0.